The van der Waals surface area contributed by atoms with Crippen LogP contribution in [0.1, 0.15) is 13.8 Å². The van der Waals surface area contributed by atoms with Crippen LogP contribution in [0.2, 0.25) is 0 Å². The van der Waals surface area contributed by atoms with E-state index in [1.807, 2.05) is 0 Å². The van der Waals surface area contributed by atoms with E-state index in [0.717, 1.165) is 6.07 Å². The maximum absolute atomic E-state index is 12.0. The predicted molar refractivity (Wildman–Crippen MR) is 74.2 cm³/mol. The van der Waals surface area contributed by atoms with E-state index in [-0.39, 0.29) is 17.1 Å². The van der Waals surface area contributed by atoms with Crippen molar-refractivity contribution in [2.24, 2.45) is 11.8 Å². The van der Waals surface area contributed by atoms with Gasteiger partial charge in [-0.05, 0) is 6.07 Å². The fourth-order valence-corrected chi connectivity index (χ4v) is 1.59. The predicted octanol–water partition coefficient (Wildman–Crippen LogP) is 1.90. The molecule has 0 spiro atoms. The highest BCUT2D eigenvalue weighted by atomic mass is 16.6. The van der Waals surface area contributed by atoms with Crippen LogP contribution < -0.4 is 10.1 Å². The van der Waals surface area contributed by atoms with Gasteiger partial charge in [-0.3, -0.25) is 19.7 Å². The molecule has 8 heteroatoms. The number of nitro benzene ring substituents is 1. The van der Waals surface area contributed by atoms with Crippen LogP contribution in [0.3, 0.4) is 0 Å². The summed E-state index contributed by atoms with van der Waals surface area (Å²) in [5, 5.41) is 22.1. The Kier molecular flexibility index (Phi) is 5.23. The summed E-state index contributed by atoms with van der Waals surface area (Å²) in [7, 11) is 1.36. The third kappa shape index (κ3) is 3.91. The van der Waals surface area contributed by atoms with E-state index in [2.05, 4.69) is 5.32 Å². The summed E-state index contributed by atoms with van der Waals surface area (Å²) in [5.41, 5.74) is -0.0776. The Balaban J connectivity index is 3.00. The lowest BCUT2D eigenvalue weighted by Gasteiger charge is -2.17. The standard InChI is InChI=1S/C13H16N2O6/c1-7(8(2)13(17)18)12(16)14-10-6-9(15(19)20)4-5-11(10)21-3/h4-8H,1-3H3,(H,14,16)(H,17,18). The van der Waals surface area contributed by atoms with Gasteiger partial charge in [-0.1, -0.05) is 13.8 Å². The van der Waals surface area contributed by atoms with Crippen molar-refractivity contribution in [1.82, 2.24) is 0 Å². The number of hydrogen-bond donors (Lipinski definition) is 2. The van der Waals surface area contributed by atoms with Crippen LogP contribution in [-0.2, 0) is 9.59 Å². The first kappa shape index (κ1) is 16.4. The highest BCUT2D eigenvalue weighted by molar-refractivity contribution is 5.96. The van der Waals surface area contributed by atoms with Gasteiger partial charge in [-0.2, -0.15) is 0 Å². The minimum Gasteiger partial charge on any atom is -0.495 e. The maximum atomic E-state index is 12.0. The Morgan fingerprint density at radius 3 is 2.43 bits per heavy atom. The summed E-state index contributed by atoms with van der Waals surface area (Å²) in [6.45, 7) is 2.88. The molecule has 1 amide bonds. The molecule has 1 aromatic rings. The number of nitro groups is 1. The summed E-state index contributed by atoms with van der Waals surface area (Å²) in [6.07, 6.45) is 0. The molecular formula is C13H16N2O6. The second kappa shape index (κ2) is 6.69. The number of non-ortho nitro benzene ring substituents is 1. The molecule has 0 heterocycles. The Morgan fingerprint density at radius 2 is 1.95 bits per heavy atom. The zero-order valence-corrected chi connectivity index (χ0v) is 11.8. The fourth-order valence-electron chi connectivity index (χ4n) is 1.59. The van der Waals surface area contributed by atoms with Crippen molar-refractivity contribution in [2.75, 3.05) is 12.4 Å². The molecule has 2 N–H and O–H groups in total. The number of nitrogens with zero attached hydrogens (tertiary/aromatic N) is 1. The topological polar surface area (TPSA) is 119 Å². The van der Waals surface area contributed by atoms with E-state index >= 15 is 0 Å². The molecular weight excluding hydrogens is 280 g/mol. The Labute approximate surface area is 120 Å². The van der Waals surface area contributed by atoms with Crippen LogP contribution in [0.15, 0.2) is 18.2 Å². The van der Waals surface area contributed by atoms with Crippen LogP contribution in [-0.4, -0.2) is 29.0 Å². The van der Waals surface area contributed by atoms with Crippen molar-refractivity contribution in [3.05, 3.63) is 28.3 Å². The van der Waals surface area contributed by atoms with Crippen molar-refractivity contribution in [3.63, 3.8) is 0 Å². The molecule has 0 saturated heterocycles. The van der Waals surface area contributed by atoms with Gasteiger partial charge in [0, 0.05) is 18.1 Å². The first-order valence-corrected chi connectivity index (χ1v) is 6.14. The van der Waals surface area contributed by atoms with Crippen molar-refractivity contribution < 1.29 is 24.4 Å². The number of ether oxygens (including phenoxy) is 1. The number of benzene rings is 1. The number of amides is 1. The van der Waals surface area contributed by atoms with Gasteiger partial charge in [0.15, 0.2) is 0 Å². The largest absolute Gasteiger partial charge is 0.495 e. The number of carboxylic acid groups (broad SMARTS) is 1. The zero-order chi connectivity index (χ0) is 16.2. The number of methoxy groups -OCH3 is 1. The minimum absolute atomic E-state index is 0.126. The van der Waals surface area contributed by atoms with Gasteiger partial charge in [0.2, 0.25) is 5.91 Å². The number of carboxylic acids is 1. The highest BCUT2D eigenvalue weighted by Crippen LogP contribution is 2.29. The highest BCUT2D eigenvalue weighted by Gasteiger charge is 2.26. The molecule has 8 nitrogen and oxygen atoms in total. The van der Waals surface area contributed by atoms with Crippen LogP contribution in [0.4, 0.5) is 11.4 Å². The number of anilines is 1. The molecule has 0 aliphatic heterocycles. The molecule has 0 radical (unpaired) electrons. The van der Waals surface area contributed by atoms with Crippen molar-refractivity contribution in [1.29, 1.82) is 0 Å². The molecule has 1 aromatic carbocycles. The maximum Gasteiger partial charge on any atom is 0.307 e. The lowest BCUT2D eigenvalue weighted by Crippen LogP contribution is -2.30. The quantitative estimate of drug-likeness (QED) is 0.611. The third-order valence-corrected chi connectivity index (χ3v) is 3.20. The zero-order valence-electron chi connectivity index (χ0n) is 11.8. The molecule has 0 saturated carbocycles. The van der Waals surface area contributed by atoms with Crippen LogP contribution in [0.25, 0.3) is 0 Å². The average Bonchev–Trinajstić information content (AvgIpc) is 2.45. The van der Waals surface area contributed by atoms with E-state index in [0.29, 0.717) is 0 Å². The number of carbonyl (C=O) groups excluding carboxylic acids is 1. The van der Waals surface area contributed by atoms with E-state index in [9.17, 15) is 19.7 Å². The first-order valence-electron chi connectivity index (χ1n) is 6.14. The van der Waals surface area contributed by atoms with Gasteiger partial charge in [-0.15, -0.1) is 0 Å². The SMILES string of the molecule is COc1ccc([N+](=O)[O-])cc1NC(=O)C(C)C(C)C(=O)O. The Bertz CT molecular complexity index is 572. The average molecular weight is 296 g/mol. The minimum atomic E-state index is -1.09. The van der Waals surface area contributed by atoms with Gasteiger partial charge in [0.1, 0.15) is 5.75 Å². The lowest BCUT2D eigenvalue weighted by molar-refractivity contribution is -0.384. The lowest BCUT2D eigenvalue weighted by atomic mass is 9.95. The normalized spacial score (nSPS) is 13.1. The Morgan fingerprint density at radius 1 is 1.33 bits per heavy atom. The van der Waals surface area contributed by atoms with Gasteiger partial charge in [0.25, 0.3) is 5.69 Å². The second-order valence-electron chi connectivity index (χ2n) is 4.55. The number of hydrogen-bond acceptors (Lipinski definition) is 5. The van der Waals surface area contributed by atoms with Crippen molar-refractivity contribution in [2.45, 2.75) is 13.8 Å². The molecule has 1 rings (SSSR count). The Hall–Kier alpha value is -2.64. The van der Waals surface area contributed by atoms with E-state index in [1.54, 1.807) is 0 Å². The second-order valence-corrected chi connectivity index (χ2v) is 4.55. The molecule has 0 aromatic heterocycles. The van der Waals surface area contributed by atoms with Crippen molar-refractivity contribution >= 4 is 23.3 Å². The molecule has 2 unspecified atom stereocenters. The number of aliphatic carboxylic acids is 1. The fraction of sp³-hybridized carbons (Fsp3) is 0.385. The van der Waals surface area contributed by atoms with E-state index < -0.39 is 28.6 Å². The monoisotopic (exact) mass is 296 g/mol. The summed E-state index contributed by atoms with van der Waals surface area (Å²) in [6, 6.07) is 3.77. The van der Waals surface area contributed by atoms with Crippen molar-refractivity contribution in [3.8, 4) is 5.75 Å². The molecule has 0 aliphatic carbocycles. The van der Waals surface area contributed by atoms with Gasteiger partial charge in [-0.25, -0.2) is 0 Å². The molecule has 114 valence electrons. The van der Waals surface area contributed by atoms with E-state index in [4.69, 9.17) is 9.84 Å². The van der Waals surface area contributed by atoms with Crippen LogP contribution in [0, 0.1) is 22.0 Å². The van der Waals surface area contributed by atoms with Crippen LogP contribution >= 0.6 is 0 Å². The number of carbonyl (C=O) groups is 2. The summed E-state index contributed by atoms with van der Waals surface area (Å²) < 4.78 is 5.01. The molecule has 0 fully saturated rings. The summed E-state index contributed by atoms with van der Waals surface area (Å²) in [5.74, 6) is -3.07. The van der Waals surface area contributed by atoms with E-state index in [1.165, 1.54) is 33.1 Å². The smallest absolute Gasteiger partial charge is 0.307 e. The van der Waals surface area contributed by atoms with Gasteiger partial charge in [0.05, 0.1) is 23.6 Å². The summed E-state index contributed by atoms with van der Waals surface area (Å²) >= 11 is 0. The molecule has 2 atom stereocenters. The third-order valence-electron chi connectivity index (χ3n) is 3.20. The van der Waals surface area contributed by atoms with Crippen LogP contribution in [0.5, 0.6) is 5.75 Å². The number of rotatable bonds is 6. The van der Waals surface area contributed by atoms with Gasteiger partial charge >= 0.3 is 5.97 Å². The summed E-state index contributed by atoms with van der Waals surface area (Å²) in [4.78, 5) is 33.0. The first-order chi connectivity index (χ1) is 9.77. The number of nitrogens with one attached hydrogen (secondary N) is 1. The molecule has 21 heavy (non-hydrogen) atoms. The molecule has 0 bridgehead atoms. The van der Waals surface area contributed by atoms with Gasteiger partial charge < -0.3 is 15.2 Å². The molecule has 0 aliphatic rings.